The van der Waals surface area contributed by atoms with E-state index in [4.69, 9.17) is 23.2 Å². The number of anilines is 1. The summed E-state index contributed by atoms with van der Waals surface area (Å²) in [5, 5.41) is 6.79. The number of nitrogens with zero attached hydrogens (tertiary/aromatic N) is 2. The molecule has 0 fully saturated rings. The maximum atomic E-state index is 12.8. The molecule has 0 saturated heterocycles. The summed E-state index contributed by atoms with van der Waals surface area (Å²) in [7, 11) is 0. The van der Waals surface area contributed by atoms with Gasteiger partial charge in [-0.2, -0.15) is 10.1 Å². The topological polar surface area (TPSA) is 32.7 Å². The number of carbonyl (C=O) groups excluding carboxylic acids is 1. The second kappa shape index (κ2) is 6.80. The van der Waals surface area contributed by atoms with Crippen LogP contribution in [0.1, 0.15) is 25.0 Å². The minimum atomic E-state index is -0.187. The summed E-state index contributed by atoms with van der Waals surface area (Å²) in [6.45, 7) is 3.89. The molecule has 0 aliphatic carbocycles. The van der Waals surface area contributed by atoms with Crippen LogP contribution in [-0.2, 0) is 11.2 Å². The molecule has 2 aromatic carbocycles. The van der Waals surface area contributed by atoms with E-state index in [1.807, 2.05) is 24.3 Å². The number of hydrogen-bond donors (Lipinski definition) is 0. The zero-order valence-electron chi connectivity index (χ0n) is 13.4. The number of halogens is 2. The Morgan fingerprint density at radius 3 is 2.29 bits per heavy atom. The van der Waals surface area contributed by atoms with Crippen molar-refractivity contribution in [3.8, 4) is 0 Å². The van der Waals surface area contributed by atoms with E-state index >= 15 is 0 Å². The molecule has 0 saturated carbocycles. The smallest absolute Gasteiger partial charge is 0.267 e. The maximum absolute atomic E-state index is 12.8. The van der Waals surface area contributed by atoms with Crippen molar-refractivity contribution in [1.29, 1.82) is 0 Å². The zero-order chi connectivity index (χ0) is 17.3. The van der Waals surface area contributed by atoms with Crippen molar-refractivity contribution in [2.24, 2.45) is 5.10 Å². The molecule has 1 aliphatic heterocycles. The average Bonchev–Trinajstić information content (AvgIpc) is 2.86. The number of rotatable bonds is 3. The Balaban J connectivity index is 1.97. The zero-order valence-corrected chi connectivity index (χ0v) is 14.9. The number of benzene rings is 2. The Hall–Kier alpha value is -2.10. The van der Waals surface area contributed by atoms with Gasteiger partial charge in [0, 0.05) is 15.6 Å². The highest BCUT2D eigenvalue weighted by molar-refractivity contribution is 6.39. The molecule has 0 spiro atoms. The molecule has 1 aliphatic rings. The van der Waals surface area contributed by atoms with Crippen molar-refractivity contribution < 1.29 is 4.79 Å². The van der Waals surface area contributed by atoms with E-state index in [9.17, 15) is 4.79 Å². The van der Waals surface area contributed by atoms with Crippen LogP contribution in [0, 0.1) is 0 Å². The molecule has 5 heteroatoms. The van der Waals surface area contributed by atoms with Crippen molar-refractivity contribution in [3.05, 3.63) is 69.2 Å². The third kappa shape index (κ3) is 3.10. The molecule has 0 N–H and O–H groups in total. The number of amides is 1. The fourth-order valence-corrected chi connectivity index (χ4v) is 3.03. The minimum Gasteiger partial charge on any atom is -0.267 e. The lowest BCUT2D eigenvalue weighted by Gasteiger charge is -2.12. The highest BCUT2D eigenvalue weighted by Crippen LogP contribution is 2.30. The van der Waals surface area contributed by atoms with Gasteiger partial charge in [0.1, 0.15) is 0 Å². The Kier molecular flexibility index (Phi) is 4.74. The first-order valence-corrected chi connectivity index (χ1v) is 8.41. The molecule has 122 valence electrons. The monoisotopic (exact) mass is 358 g/mol. The normalized spacial score (nSPS) is 16.0. The molecule has 24 heavy (non-hydrogen) atoms. The molecule has 0 radical (unpaired) electrons. The van der Waals surface area contributed by atoms with Crippen molar-refractivity contribution in [2.75, 3.05) is 5.01 Å². The van der Waals surface area contributed by atoms with Crippen LogP contribution >= 0.6 is 23.2 Å². The molecular formula is C19H16Cl2N2O. The van der Waals surface area contributed by atoms with Gasteiger partial charge in [0.2, 0.25) is 0 Å². The van der Waals surface area contributed by atoms with Gasteiger partial charge in [-0.3, -0.25) is 4.79 Å². The van der Waals surface area contributed by atoms with Crippen LogP contribution in [0.15, 0.2) is 53.1 Å². The molecular weight excluding hydrogens is 343 g/mol. The number of aryl methyl sites for hydroxylation is 1. The van der Waals surface area contributed by atoms with E-state index in [-0.39, 0.29) is 5.91 Å². The number of carbonyl (C=O) groups is 1. The Morgan fingerprint density at radius 2 is 1.71 bits per heavy atom. The summed E-state index contributed by atoms with van der Waals surface area (Å²) >= 11 is 12.4. The average molecular weight is 359 g/mol. The third-order valence-corrected chi connectivity index (χ3v) is 4.60. The minimum absolute atomic E-state index is 0.187. The molecule has 2 aromatic rings. The van der Waals surface area contributed by atoms with Gasteiger partial charge in [-0.15, -0.1) is 0 Å². The Bertz CT molecular complexity index is 834. The predicted molar refractivity (Wildman–Crippen MR) is 101 cm³/mol. The van der Waals surface area contributed by atoms with E-state index < -0.39 is 0 Å². The molecule has 0 unspecified atom stereocenters. The highest BCUT2D eigenvalue weighted by Gasteiger charge is 2.29. The second-order valence-electron chi connectivity index (χ2n) is 5.52. The van der Waals surface area contributed by atoms with E-state index in [1.54, 1.807) is 31.2 Å². The lowest BCUT2D eigenvalue weighted by Crippen LogP contribution is -2.21. The first-order valence-electron chi connectivity index (χ1n) is 7.66. The fourth-order valence-electron chi connectivity index (χ4n) is 2.53. The second-order valence-corrected chi connectivity index (χ2v) is 6.33. The summed E-state index contributed by atoms with van der Waals surface area (Å²) in [6, 6.07) is 13.1. The van der Waals surface area contributed by atoms with Crippen LogP contribution in [0.2, 0.25) is 10.0 Å². The van der Waals surface area contributed by atoms with Gasteiger partial charge < -0.3 is 0 Å². The first-order chi connectivity index (χ1) is 11.5. The number of hydrazone groups is 1. The van der Waals surface area contributed by atoms with Crippen LogP contribution in [0.4, 0.5) is 5.69 Å². The van der Waals surface area contributed by atoms with E-state index in [2.05, 4.69) is 12.0 Å². The maximum Gasteiger partial charge on any atom is 0.280 e. The molecule has 3 nitrogen and oxygen atoms in total. The largest absolute Gasteiger partial charge is 0.280 e. The van der Waals surface area contributed by atoms with Crippen molar-refractivity contribution in [2.45, 2.75) is 20.3 Å². The van der Waals surface area contributed by atoms with Gasteiger partial charge in [-0.1, -0.05) is 48.3 Å². The fraction of sp³-hybridized carbons (Fsp3) is 0.158. The van der Waals surface area contributed by atoms with Gasteiger partial charge in [-0.25, -0.2) is 0 Å². The highest BCUT2D eigenvalue weighted by atomic mass is 35.5. The third-order valence-electron chi connectivity index (χ3n) is 3.94. The summed E-state index contributed by atoms with van der Waals surface area (Å²) < 4.78 is 0. The van der Waals surface area contributed by atoms with Gasteiger partial charge in [0.15, 0.2) is 0 Å². The molecule has 3 rings (SSSR count). The van der Waals surface area contributed by atoms with Crippen LogP contribution in [0.25, 0.3) is 6.08 Å². The molecule has 0 atom stereocenters. The van der Waals surface area contributed by atoms with Crippen molar-refractivity contribution >= 4 is 46.6 Å². The first kappa shape index (κ1) is 16.7. The van der Waals surface area contributed by atoms with Gasteiger partial charge in [0.25, 0.3) is 5.91 Å². The van der Waals surface area contributed by atoms with Crippen LogP contribution < -0.4 is 5.01 Å². The van der Waals surface area contributed by atoms with Crippen LogP contribution in [0.3, 0.4) is 0 Å². The van der Waals surface area contributed by atoms with E-state index in [0.717, 1.165) is 12.1 Å². The quantitative estimate of drug-likeness (QED) is 0.679. The van der Waals surface area contributed by atoms with Crippen molar-refractivity contribution in [1.82, 2.24) is 0 Å². The molecule has 1 heterocycles. The molecule has 1 amide bonds. The summed E-state index contributed by atoms with van der Waals surface area (Å²) in [5.74, 6) is -0.187. The lowest BCUT2D eigenvalue weighted by molar-refractivity contribution is -0.114. The van der Waals surface area contributed by atoms with E-state index in [1.165, 1.54) is 10.6 Å². The van der Waals surface area contributed by atoms with Crippen molar-refractivity contribution in [3.63, 3.8) is 0 Å². The Labute approximate surface area is 151 Å². The molecule has 0 bridgehead atoms. The van der Waals surface area contributed by atoms with Gasteiger partial charge >= 0.3 is 0 Å². The SMILES string of the molecule is CCc1ccc(N2N=C(C)/C(=C\c3c(Cl)cccc3Cl)C2=O)cc1. The van der Waals surface area contributed by atoms with E-state index in [0.29, 0.717) is 26.9 Å². The number of hydrogen-bond acceptors (Lipinski definition) is 2. The Morgan fingerprint density at radius 1 is 1.08 bits per heavy atom. The summed E-state index contributed by atoms with van der Waals surface area (Å²) in [5.41, 5.74) is 3.71. The van der Waals surface area contributed by atoms with Crippen LogP contribution in [-0.4, -0.2) is 11.6 Å². The van der Waals surface area contributed by atoms with Crippen LogP contribution in [0.5, 0.6) is 0 Å². The summed E-state index contributed by atoms with van der Waals surface area (Å²) in [4.78, 5) is 12.8. The lowest BCUT2D eigenvalue weighted by atomic mass is 10.1. The predicted octanol–water partition coefficient (Wildman–Crippen LogP) is 5.36. The van der Waals surface area contributed by atoms with Gasteiger partial charge in [0.05, 0.1) is 17.0 Å². The standard InChI is InChI=1S/C19H16Cl2N2O/c1-3-13-7-9-14(10-8-13)23-19(24)15(12(2)22-23)11-16-17(20)5-4-6-18(16)21/h4-11H,3H2,1-2H3/b15-11+. The molecule has 0 aromatic heterocycles. The van der Waals surface area contributed by atoms with Gasteiger partial charge in [-0.05, 0) is 49.2 Å². The summed E-state index contributed by atoms with van der Waals surface area (Å²) in [6.07, 6.45) is 2.65.